The number of carbonyl (C=O) groups is 1. The summed E-state index contributed by atoms with van der Waals surface area (Å²) < 4.78 is 0. The van der Waals surface area contributed by atoms with Crippen molar-refractivity contribution in [2.24, 2.45) is 5.92 Å². The van der Waals surface area contributed by atoms with E-state index in [1.807, 2.05) is 31.2 Å². The largest absolute Gasteiger partial charge is 0.391 e. The smallest absolute Gasteiger partial charge is 0.224 e. The van der Waals surface area contributed by atoms with Crippen LogP contribution in [0.3, 0.4) is 0 Å². The predicted octanol–water partition coefficient (Wildman–Crippen LogP) is 2.06. The van der Waals surface area contributed by atoms with Gasteiger partial charge in [-0.15, -0.1) is 0 Å². The number of aliphatic hydroxyl groups is 1. The van der Waals surface area contributed by atoms with Gasteiger partial charge in [-0.1, -0.05) is 38.1 Å². The van der Waals surface area contributed by atoms with Gasteiger partial charge in [-0.05, 0) is 30.4 Å². The normalized spacial score (nSPS) is 12.5. The van der Waals surface area contributed by atoms with E-state index in [2.05, 4.69) is 19.2 Å². The van der Waals surface area contributed by atoms with Gasteiger partial charge in [0.05, 0.1) is 12.5 Å². The fraction of sp³-hybridized carbons (Fsp3) is 0.533. The molecular weight excluding hydrogens is 226 g/mol. The van der Waals surface area contributed by atoms with E-state index in [0.717, 1.165) is 11.1 Å². The quantitative estimate of drug-likeness (QED) is 0.810. The van der Waals surface area contributed by atoms with Crippen molar-refractivity contribution in [3.05, 3.63) is 35.4 Å². The molecule has 0 aromatic heterocycles. The van der Waals surface area contributed by atoms with Gasteiger partial charge in [0.15, 0.2) is 0 Å². The number of rotatable bonds is 6. The Hall–Kier alpha value is -1.35. The van der Waals surface area contributed by atoms with Crippen LogP contribution in [0.5, 0.6) is 0 Å². The van der Waals surface area contributed by atoms with Crippen LogP contribution < -0.4 is 5.32 Å². The summed E-state index contributed by atoms with van der Waals surface area (Å²) in [6.45, 7) is 6.44. The third-order valence-electron chi connectivity index (χ3n) is 2.89. The number of nitrogens with one attached hydrogen (secondary N) is 1. The van der Waals surface area contributed by atoms with Crippen LogP contribution in [0, 0.1) is 12.8 Å². The molecule has 0 saturated carbocycles. The zero-order valence-corrected chi connectivity index (χ0v) is 11.4. The molecule has 0 fully saturated rings. The molecule has 1 aromatic rings. The average molecular weight is 249 g/mol. The van der Waals surface area contributed by atoms with Crippen molar-refractivity contribution in [1.29, 1.82) is 0 Å². The summed E-state index contributed by atoms with van der Waals surface area (Å²) in [6.07, 6.45) is 0.636. The molecule has 100 valence electrons. The van der Waals surface area contributed by atoms with E-state index in [0.29, 0.717) is 25.3 Å². The number of hydrogen-bond donors (Lipinski definition) is 2. The summed E-state index contributed by atoms with van der Waals surface area (Å²) >= 11 is 0. The van der Waals surface area contributed by atoms with Crippen LogP contribution in [0.2, 0.25) is 0 Å². The highest BCUT2D eigenvalue weighted by Gasteiger charge is 2.10. The second-order valence-electron chi connectivity index (χ2n) is 5.19. The monoisotopic (exact) mass is 249 g/mol. The maximum atomic E-state index is 11.7. The Labute approximate surface area is 109 Å². The average Bonchev–Trinajstić information content (AvgIpc) is 2.29. The van der Waals surface area contributed by atoms with Crippen molar-refractivity contribution in [3.63, 3.8) is 0 Å². The summed E-state index contributed by atoms with van der Waals surface area (Å²) in [6, 6.07) is 7.85. The molecule has 1 aromatic carbocycles. The molecule has 0 aliphatic carbocycles. The van der Waals surface area contributed by atoms with E-state index in [1.165, 1.54) is 0 Å². The van der Waals surface area contributed by atoms with Gasteiger partial charge in [0.1, 0.15) is 0 Å². The first kappa shape index (κ1) is 14.7. The highest BCUT2D eigenvalue weighted by Crippen LogP contribution is 2.08. The van der Waals surface area contributed by atoms with E-state index < -0.39 is 6.10 Å². The summed E-state index contributed by atoms with van der Waals surface area (Å²) in [5.74, 6) is 0.403. The Morgan fingerprint density at radius 3 is 2.61 bits per heavy atom. The number of benzene rings is 1. The second-order valence-corrected chi connectivity index (χ2v) is 5.19. The molecule has 0 spiro atoms. The van der Waals surface area contributed by atoms with E-state index in [9.17, 15) is 9.90 Å². The summed E-state index contributed by atoms with van der Waals surface area (Å²) in [4.78, 5) is 11.7. The minimum absolute atomic E-state index is 0.0351. The molecule has 0 aliphatic heterocycles. The first-order valence-corrected chi connectivity index (χ1v) is 6.48. The van der Waals surface area contributed by atoms with Crippen molar-refractivity contribution < 1.29 is 9.90 Å². The van der Waals surface area contributed by atoms with Crippen molar-refractivity contribution in [2.75, 3.05) is 6.54 Å². The van der Waals surface area contributed by atoms with Crippen LogP contribution in [0.15, 0.2) is 24.3 Å². The molecule has 18 heavy (non-hydrogen) atoms. The molecule has 1 amide bonds. The SMILES string of the molecule is Cc1ccccc1CC(=O)NCC(O)CC(C)C. The zero-order chi connectivity index (χ0) is 13.5. The Morgan fingerprint density at radius 2 is 2.00 bits per heavy atom. The summed E-state index contributed by atoms with van der Waals surface area (Å²) in [7, 11) is 0. The van der Waals surface area contributed by atoms with E-state index in [-0.39, 0.29) is 5.91 Å². The van der Waals surface area contributed by atoms with Crippen molar-refractivity contribution >= 4 is 5.91 Å². The maximum absolute atomic E-state index is 11.7. The molecule has 0 heterocycles. The standard InChI is InChI=1S/C15H23NO2/c1-11(2)8-14(17)10-16-15(18)9-13-7-5-4-6-12(13)3/h4-7,11,14,17H,8-10H2,1-3H3,(H,16,18). The van der Waals surface area contributed by atoms with Crippen LogP contribution in [0.25, 0.3) is 0 Å². The van der Waals surface area contributed by atoms with Gasteiger partial charge in [-0.25, -0.2) is 0 Å². The van der Waals surface area contributed by atoms with Crippen LogP contribution in [-0.4, -0.2) is 23.7 Å². The number of hydrogen-bond acceptors (Lipinski definition) is 2. The minimum Gasteiger partial charge on any atom is -0.391 e. The van der Waals surface area contributed by atoms with Gasteiger partial charge in [0.25, 0.3) is 0 Å². The molecule has 2 N–H and O–H groups in total. The van der Waals surface area contributed by atoms with E-state index in [1.54, 1.807) is 0 Å². The first-order chi connectivity index (χ1) is 8.49. The van der Waals surface area contributed by atoms with Crippen LogP contribution in [0.1, 0.15) is 31.4 Å². The third kappa shape index (κ3) is 5.32. The maximum Gasteiger partial charge on any atom is 0.224 e. The van der Waals surface area contributed by atoms with Crippen LogP contribution in [0.4, 0.5) is 0 Å². The predicted molar refractivity (Wildman–Crippen MR) is 73.4 cm³/mol. The van der Waals surface area contributed by atoms with Crippen molar-refractivity contribution in [2.45, 2.75) is 39.7 Å². The zero-order valence-electron chi connectivity index (χ0n) is 11.4. The van der Waals surface area contributed by atoms with Gasteiger partial charge in [0.2, 0.25) is 5.91 Å². The molecule has 0 saturated heterocycles. The summed E-state index contributed by atoms with van der Waals surface area (Å²) in [5.41, 5.74) is 2.16. The lowest BCUT2D eigenvalue weighted by molar-refractivity contribution is -0.120. The van der Waals surface area contributed by atoms with Gasteiger partial charge in [0, 0.05) is 6.54 Å². The first-order valence-electron chi connectivity index (χ1n) is 6.48. The fourth-order valence-electron chi connectivity index (χ4n) is 1.90. The van der Waals surface area contributed by atoms with E-state index in [4.69, 9.17) is 0 Å². The highest BCUT2D eigenvalue weighted by atomic mass is 16.3. The molecule has 1 atom stereocenters. The lowest BCUT2D eigenvalue weighted by Gasteiger charge is -2.14. The highest BCUT2D eigenvalue weighted by molar-refractivity contribution is 5.78. The summed E-state index contributed by atoms with van der Waals surface area (Å²) in [5, 5.41) is 12.4. The molecule has 3 heteroatoms. The molecular formula is C15H23NO2. The van der Waals surface area contributed by atoms with Gasteiger partial charge in [-0.2, -0.15) is 0 Å². The van der Waals surface area contributed by atoms with Gasteiger partial charge >= 0.3 is 0 Å². The minimum atomic E-state index is -0.453. The molecule has 3 nitrogen and oxygen atoms in total. The Morgan fingerprint density at radius 1 is 1.33 bits per heavy atom. The number of aryl methyl sites for hydroxylation is 1. The lowest BCUT2D eigenvalue weighted by atomic mass is 10.0. The Bertz CT molecular complexity index is 388. The number of amides is 1. The topological polar surface area (TPSA) is 49.3 Å². The third-order valence-corrected chi connectivity index (χ3v) is 2.89. The van der Waals surface area contributed by atoms with Crippen LogP contribution >= 0.6 is 0 Å². The molecule has 0 radical (unpaired) electrons. The van der Waals surface area contributed by atoms with Gasteiger partial charge in [-0.3, -0.25) is 4.79 Å². The van der Waals surface area contributed by atoms with E-state index >= 15 is 0 Å². The molecule has 1 rings (SSSR count). The fourth-order valence-corrected chi connectivity index (χ4v) is 1.90. The van der Waals surface area contributed by atoms with Crippen molar-refractivity contribution in [3.8, 4) is 0 Å². The number of aliphatic hydroxyl groups excluding tert-OH is 1. The van der Waals surface area contributed by atoms with Crippen LogP contribution in [-0.2, 0) is 11.2 Å². The Balaban J connectivity index is 2.36. The second kappa shape index (κ2) is 7.17. The molecule has 0 aliphatic rings. The van der Waals surface area contributed by atoms with Gasteiger partial charge < -0.3 is 10.4 Å². The van der Waals surface area contributed by atoms with Crippen molar-refractivity contribution in [1.82, 2.24) is 5.32 Å². The number of carbonyl (C=O) groups excluding carboxylic acids is 1. The lowest BCUT2D eigenvalue weighted by Crippen LogP contribution is -2.33. The Kier molecular flexibility index (Phi) is 5.86. The molecule has 0 bridgehead atoms. The molecule has 1 unspecified atom stereocenters.